The molecule has 0 aliphatic carbocycles. The highest BCUT2D eigenvalue weighted by Gasteiger charge is 2.46. The number of aromatic nitrogens is 2. The van der Waals surface area contributed by atoms with E-state index < -0.39 is 18.0 Å². The molecule has 0 radical (unpaired) electrons. The number of nitrogens with zero attached hydrogens (tertiary/aromatic N) is 4. The SMILES string of the molecule is CCOC(=O)c1noc([C@@H]2CC[C@@H]3CN2C(=O)N3O)n1. The fourth-order valence-corrected chi connectivity index (χ4v) is 2.56. The first-order valence-electron chi connectivity index (χ1n) is 6.41. The lowest BCUT2D eigenvalue weighted by atomic mass is 10.0. The van der Waals surface area contributed by atoms with Gasteiger partial charge in [0.25, 0.3) is 5.82 Å². The molecule has 1 N–H and O–H groups in total. The standard InChI is InChI=1S/C11H14N4O5/c1-2-19-10(16)8-12-9(20-13-8)7-4-3-6-5-14(7)11(17)15(6)18/h6-7,18H,2-5H2,1H3/t6-,7+/m1/s1. The topological polar surface area (TPSA) is 109 Å². The summed E-state index contributed by atoms with van der Waals surface area (Å²) in [6.45, 7) is 2.31. The maximum Gasteiger partial charge on any atom is 0.379 e. The van der Waals surface area contributed by atoms with Crippen LogP contribution < -0.4 is 0 Å². The van der Waals surface area contributed by atoms with Crippen LogP contribution in [0, 0.1) is 0 Å². The van der Waals surface area contributed by atoms with E-state index in [1.807, 2.05) is 0 Å². The second-order valence-corrected chi connectivity index (χ2v) is 4.70. The Hall–Kier alpha value is -2.16. The first kappa shape index (κ1) is 12.9. The summed E-state index contributed by atoms with van der Waals surface area (Å²) in [6.07, 6.45) is 1.23. The Morgan fingerprint density at radius 1 is 1.55 bits per heavy atom. The smallest absolute Gasteiger partial charge is 0.379 e. The van der Waals surface area contributed by atoms with Crippen molar-refractivity contribution in [3.8, 4) is 0 Å². The third-order valence-corrected chi connectivity index (χ3v) is 3.53. The number of hydroxylamine groups is 2. The van der Waals surface area contributed by atoms with Gasteiger partial charge in [0.1, 0.15) is 6.04 Å². The average Bonchev–Trinajstić information content (AvgIpc) is 3.01. The molecule has 108 valence electrons. The summed E-state index contributed by atoms with van der Waals surface area (Å²) in [6, 6.07) is -1.08. The molecule has 2 aliphatic rings. The molecule has 2 saturated heterocycles. The van der Waals surface area contributed by atoms with E-state index in [-0.39, 0.29) is 24.4 Å². The van der Waals surface area contributed by atoms with Crippen LogP contribution in [0.25, 0.3) is 0 Å². The lowest BCUT2D eigenvalue weighted by molar-refractivity contribution is -0.0584. The monoisotopic (exact) mass is 282 g/mol. The van der Waals surface area contributed by atoms with E-state index in [1.165, 1.54) is 4.90 Å². The number of rotatable bonds is 3. The summed E-state index contributed by atoms with van der Waals surface area (Å²) in [5.74, 6) is -0.626. The zero-order chi connectivity index (χ0) is 14.3. The van der Waals surface area contributed by atoms with Crippen molar-refractivity contribution in [3.05, 3.63) is 11.7 Å². The number of piperidine rings is 1. The average molecular weight is 282 g/mol. The molecule has 2 amide bonds. The first-order chi connectivity index (χ1) is 9.61. The van der Waals surface area contributed by atoms with E-state index in [2.05, 4.69) is 10.1 Å². The lowest BCUT2D eigenvalue weighted by Gasteiger charge is -2.27. The third kappa shape index (κ3) is 1.90. The van der Waals surface area contributed by atoms with Gasteiger partial charge in [0.15, 0.2) is 0 Å². The van der Waals surface area contributed by atoms with Crippen molar-refractivity contribution in [2.45, 2.75) is 31.8 Å². The van der Waals surface area contributed by atoms with Crippen LogP contribution in [0.3, 0.4) is 0 Å². The zero-order valence-corrected chi connectivity index (χ0v) is 10.9. The van der Waals surface area contributed by atoms with E-state index in [0.717, 1.165) is 5.06 Å². The highest BCUT2D eigenvalue weighted by Crippen LogP contribution is 2.36. The van der Waals surface area contributed by atoms with Crippen molar-refractivity contribution in [1.29, 1.82) is 0 Å². The van der Waals surface area contributed by atoms with Crippen molar-refractivity contribution in [3.63, 3.8) is 0 Å². The Morgan fingerprint density at radius 3 is 3.10 bits per heavy atom. The molecule has 1 aromatic heterocycles. The van der Waals surface area contributed by atoms with Gasteiger partial charge >= 0.3 is 12.0 Å². The van der Waals surface area contributed by atoms with Gasteiger partial charge in [-0.15, -0.1) is 0 Å². The fourth-order valence-electron chi connectivity index (χ4n) is 2.56. The highest BCUT2D eigenvalue weighted by molar-refractivity contribution is 5.84. The predicted octanol–water partition coefficient (Wildman–Crippen LogP) is 0.577. The van der Waals surface area contributed by atoms with Crippen LogP contribution in [0.4, 0.5) is 4.79 Å². The van der Waals surface area contributed by atoms with Crippen molar-refractivity contribution in [2.75, 3.05) is 13.2 Å². The van der Waals surface area contributed by atoms with Crippen LogP contribution in [0.15, 0.2) is 4.52 Å². The molecule has 9 nitrogen and oxygen atoms in total. The normalized spacial score (nSPS) is 25.2. The largest absolute Gasteiger partial charge is 0.460 e. The molecular formula is C11H14N4O5. The molecule has 0 unspecified atom stereocenters. The van der Waals surface area contributed by atoms with Crippen molar-refractivity contribution in [1.82, 2.24) is 20.1 Å². The molecule has 2 aliphatic heterocycles. The second kappa shape index (κ2) is 4.75. The van der Waals surface area contributed by atoms with Crippen LogP contribution in [-0.4, -0.2) is 56.5 Å². The van der Waals surface area contributed by atoms with Crippen LogP contribution in [0.5, 0.6) is 0 Å². The van der Waals surface area contributed by atoms with Crippen LogP contribution in [0.1, 0.15) is 42.3 Å². The first-order valence-corrected chi connectivity index (χ1v) is 6.41. The number of fused-ring (bicyclic) bond motifs is 2. The Morgan fingerprint density at radius 2 is 2.35 bits per heavy atom. The number of urea groups is 1. The number of esters is 1. The van der Waals surface area contributed by atoms with Crippen molar-refractivity contribution in [2.24, 2.45) is 0 Å². The summed E-state index contributed by atoms with van der Waals surface area (Å²) in [5.41, 5.74) is 0. The summed E-state index contributed by atoms with van der Waals surface area (Å²) in [7, 11) is 0. The second-order valence-electron chi connectivity index (χ2n) is 4.70. The van der Waals surface area contributed by atoms with Gasteiger partial charge in [-0.3, -0.25) is 5.21 Å². The van der Waals surface area contributed by atoms with Crippen LogP contribution in [-0.2, 0) is 4.74 Å². The summed E-state index contributed by atoms with van der Waals surface area (Å²) in [5, 5.41) is 13.9. The van der Waals surface area contributed by atoms with E-state index >= 15 is 0 Å². The molecule has 0 saturated carbocycles. The van der Waals surface area contributed by atoms with E-state index in [0.29, 0.717) is 19.4 Å². The molecule has 2 bridgehead atoms. The third-order valence-electron chi connectivity index (χ3n) is 3.53. The van der Waals surface area contributed by atoms with Gasteiger partial charge in [0.2, 0.25) is 5.89 Å². The van der Waals surface area contributed by atoms with Gasteiger partial charge in [-0.1, -0.05) is 0 Å². The van der Waals surface area contributed by atoms with Crippen molar-refractivity contribution < 1.29 is 24.1 Å². The van der Waals surface area contributed by atoms with E-state index in [9.17, 15) is 14.8 Å². The van der Waals surface area contributed by atoms with Crippen LogP contribution >= 0.6 is 0 Å². The summed E-state index contributed by atoms with van der Waals surface area (Å²) in [4.78, 5) is 28.8. The number of carbonyl (C=O) groups is 2. The minimum Gasteiger partial charge on any atom is -0.460 e. The molecule has 3 heterocycles. The van der Waals surface area contributed by atoms with Crippen LogP contribution in [0.2, 0.25) is 0 Å². The molecular weight excluding hydrogens is 268 g/mol. The summed E-state index contributed by atoms with van der Waals surface area (Å²) >= 11 is 0. The maximum absolute atomic E-state index is 11.8. The number of ether oxygens (including phenoxy) is 1. The lowest BCUT2D eigenvalue weighted by Crippen LogP contribution is -2.34. The number of hydrogen-bond acceptors (Lipinski definition) is 7. The molecule has 0 spiro atoms. The zero-order valence-electron chi connectivity index (χ0n) is 10.9. The highest BCUT2D eigenvalue weighted by atomic mass is 16.5. The molecule has 20 heavy (non-hydrogen) atoms. The van der Waals surface area contributed by atoms with Crippen molar-refractivity contribution >= 4 is 12.0 Å². The van der Waals surface area contributed by atoms with E-state index in [4.69, 9.17) is 9.26 Å². The number of amides is 2. The summed E-state index contributed by atoms with van der Waals surface area (Å²) < 4.78 is 9.83. The number of carbonyl (C=O) groups excluding carboxylic acids is 2. The van der Waals surface area contributed by atoms with Gasteiger partial charge in [0.05, 0.1) is 12.6 Å². The van der Waals surface area contributed by atoms with E-state index in [1.54, 1.807) is 6.92 Å². The van der Waals surface area contributed by atoms with Gasteiger partial charge in [-0.25, -0.2) is 14.7 Å². The Balaban J connectivity index is 1.80. The maximum atomic E-state index is 11.8. The molecule has 0 aromatic carbocycles. The Bertz CT molecular complexity index is 545. The van der Waals surface area contributed by atoms with Gasteiger partial charge < -0.3 is 14.2 Å². The molecule has 9 heteroatoms. The molecule has 2 fully saturated rings. The fraction of sp³-hybridized carbons (Fsp3) is 0.636. The molecule has 2 atom stereocenters. The number of hydrogen-bond donors (Lipinski definition) is 1. The quantitative estimate of drug-likeness (QED) is 0.637. The minimum atomic E-state index is -0.660. The van der Waals surface area contributed by atoms with Gasteiger partial charge in [-0.2, -0.15) is 4.98 Å². The Labute approximate surface area is 114 Å². The molecule has 3 rings (SSSR count). The minimum absolute atomic E-state index is 0.156. The van der Waals surface area contributed by atoms with Gasteiger partial charge in [-0.05, 0) is 24.9 Å². The molecule has 1 aromatic rings. The van der Waals surface area contributed by atoms with Gasteiger partial charge in [0, 0.05) is 6.54 Å². The predicted molar refractivity (Wildman–Crippen MR) is 61.7 cm³/mol. The Kier molecular flexibility index (Phi) is 3.05.